The summed E-state index contributed by atoms with van der Waals surface area (Å²) >= 11 is 2.19. The van der Waals surface area contributed by atoms with E-state index in [0.29, 0.717) is 0 Å². The molecule has 5 nitrogen and oxygen atoms in total. The lowest BCUT2D eigenvalue weighted by Crippen LogP contribution is -2.38. The summed E-state index contributed by atoms with van der Waals surface area (Å²) in [5.41, 5.74) is 5.60. The topological polar surface area (TPSA) is 84.2 Å². The van der Waals surface area contributed by atoms with Crippen LogP contribution in [0.1, 0.15) is 0 Å². The molecule has 0 aromatic heterocycles. The van der Waals surface area contributed by atoms with E-state index in [4.69, 9.17) is 5.73 Å². The molecule has 0 aliphatic rings. The molecule has 0 bridgehead atoms. The summed E-state index contributed by atoms with van der Waals surface area (Å²) in [6, 6.07) is 6.67. The van der Waals surface area contributed by atoms with Gasteiger partial charge in [0.05, 0.1) is 6.54 Å². The quantitative estimate of drug-likeness (QED) is 0.724. The van der Waals surface area contributed by atoms with Crippen LogP contribution in [0.2, 0.25) is 0 Å². The van der Waals surface area contributed by atoms with Gasteiger partial charge in [-0.05, 0) is 46.9 Å². The van der Waals surface area contributed by atoms with Gasteiger partial charge < -0.3 is 11.1 Å². The first kappa shape index (κ1) is 11.8. The molecule has 0 unspecified atom stereocenters. The van der Waals surface area contributed by atoms with Crippen molar-refractivity contribution in [1.82, 2.24) is 5.32 Å². The minimum absolute atomic E-state index is 0.0174. The van der Waals surface area contributed by atoms with Crippen molar-refractivity contribution < 1.29 is 9.59 Å². The molecule has 0 saturated carbocycles. The third-order valence-corrected chi connectivity index (χ3v) is 2.28. The van der Waals surface area contributed by atoms with Gasteiger partial charge in [-0.3, -0.25) is 10.1 Å². The van der Waals surface area contributed by atoms with Crippen molar-refractivity contribution in [1.29, 1.82) is 0 Å². The molecule has 4 N–H and O–H groups in total. The van der Waals surface area contributed by atoms with E-state index in [-0.39, 0.29) is 6.54 Å². The predicted molar refractivity (Wildman–Crippen MR) is 65.4 cm³/mol. The Hall–Kier alpha value is -1.31. The van der Waals surface area contributed by atoms with Crippen molar-refractivity contribution >= 4 is 40.2 Å². The van der Waals surface area contributed by atoms with Gasteiger partial charge in [0, 0.05) is 9.26 Å². The van der Waals surface area contributed by atoms with Crippen LogP contribution < -0.4 is 16.4 Å². The minimum Gasteiger partial charge on any atom is -0.376 e. The Labute approximate surface area is 101 Å². The summed E-state index contributed by atoms with van der Waals surface area (Å²) in [6.07, 6.45) is 0. The van der Waals surface area contributed by atoms with E-state index in [1.165, 1.54) is 0 Å². The lowest BCUT2D eigenvalue weighted by molar-refractivity contribution is -0.118. The number of halogens is 1. The van der Waals surface area contributed by atoms with Crippen LogP contribution in [0.25, 0.3) is 0 Å². The third-order valence-electron chi connectivity index (χ3n) is 1.56. The van der Waals surface area contributed by atoms with Crippen molar-refractivity contribution in [2.24, 2.45) is 5.73 Å². The number of urea groups is 1. The average Bonchev–Trinajstić information content (AvgIpc) is 2.16. The van der Waals surface area contributed by atoms with Crippen LogP contribution in [0.15, 0.2) is 24.3 Å². The Kier molecular flexibility index (Phi) is 4.35. The van der Waals surface area contributed by atoms with Crippen LogP contribution in [-0.4, -0.2) is 18.5 Å². The fraction of sp³-hybridized carbons (Fsp3) is 0.111. The second-order valence-electron chi connectivity index (χ2n) is 2.77. The molecule has 0 fully saturated rings. The number of carbonyl (C=O) groups is 2. The summed E-state index contributed by atoms with van der Waals surface area (Å²) in [6.45, 7) is 0.0174. The van der Waals surface area contributed by atoms with Gasteiger partial charge in [0.15, 0.2) is 0 Å². The van der Waals surface area contributed by atoms with Crippen molar-refractivity contribution in [2.75, 3.05) is 11.9 Å². The number of carbonyl (C=O) groups excluding carboxylic acids is 2. The summed E-state index contributed by atoms with van der Waals surface area (Å²) in [7, 11) is 0. The van der Waals surface area contributed by atoms with E-state index in [1.54, 1.807) is 0 Å². The summed E-state index contributed by atoms with van der Waals surface area (Å²) < 4.78 is 1.11. The predicted octanol–water partition coefficient (Wildman–Crippen LogP) is 0.898. The summed E-state index contributed by atoms with van der Waals surface area (Å²) in [4.78, 5) is 21.3. The molecule has 1 rings (SSSR count). The van der Waals surface area contributed by atoms with E-state index in [0.717, 1.165) is 9.26 Å². The van der Waals surface area contributed by atoms with Gasteiger partial charge >= 0.3 is 6.03 Å². The number of rotatable bonds is 3. The molecular weight excluding hydrogens is 309 g/mol. The maximum atomic E-state index is 11.0. The van der Waals surface area contributed by atoms with Crippen molar-refractivity contribution in [3.8, 4) is 0 Å². The van der Waals surface area contributed by atoms with Gasteiger partial charge in [-0.1, -0.05) is 0 Å². The lowest BCUT2D eigenvalue weighted by atomic mass is 10.3. The molecule has 15 heavy (non-hydrogen) atoms. The molecule has 1 aromatic rings. The normalized spacial score (nSPS) is 9.40. The average molecular weight is 319 g/mol. The molecule has 0 aliphatic carbocycles. The van der Waals surface area contributed by atoms with Gasteiger partial charge in [-0.15, -0.1) is 0 Å². The zero-order chi connectivity index (χ0) is 11.3. The van der Waals surface area contributed by atoms with E-state index in [9.17, 15) is 9.59 Å². The van der Waals surface area contributed by atoms with E-state index in [1.807, 2.05) is 29.6 Å². The fourth-order valence-electron chi connectivity index (χ4n) is 0.932. The molecule has 6 heteroatoms. The van der Waals surface area contributed by atoms with E-state index in [2.05, 4.69) is 27.9 Å². The Morgan fingerprint density at radius 3 is 2.40 bits per heavy atom. The number of amides is 3. The summed E-state index contributed by atoms with van der Waals surface area (Å²) in [5, 5.41) is 4.81. The maximum absolute atomic E-state index is 11.0. The highest BCUT2D eigenvalue weighted by Crippen LogP contribution is 2.10. The van der Waals surface area contributed by atoms with Gasteiger partial charge in [-0.2, -0.15) is 0 Å². The molecule has 0 aliphatic heterocycles. The number of hydrogen-bond donors (Lipinski definition) is 3. The minimum atomic E-state index is -0.843. The highest BCUT2D eigenvalue weighted by atomic mass is 127. The standard InChI is InChI=1S/C9H10IN3O2/c10-6-1-3-7(4-2-6)12-5-8(14)13-9(11)15/h1-4,12H,5H2,(H3,11,13,14,15). The van der Waals surface area contributed by atoms with Crippen LogP contribution in [-0.2, 0) is 4.79 Å². The number of nitrogens with two attached hydrogens (primary N) is 1. The fourth-order valence-corrected chi connectivity index (χ4v) is 1.29. The number of nitrogens with one attached hydrogen (secondary N) is 2. The molecule has 1 aromatic carbocycles. The highest BCUT2D eigenvalue weighted by molar-refractivity contribution is 14.1. The van der Waals surface area contributed by atoms with Crippen LogP contribution in [0.4, 0.5) is 10.5 Å². The zero-order valence-electron chi connectivity index (χ0n) is 7.79. The van der Waals surface area contributed by atoms with Crippen LogP contribution in [0.5, 0.6) is 0 Å². The zero-order valence-corrected chi connectivity index (χ0v) is 9.95. The molecule has 0 saturated heterocycles. The number of benzene rings is 1. The van der Waals surface area contributed by atoms with E-state index >= 15 is 0 Å². The first-order chi connectivity index (χ1) is 7.08. The van der Waals surface area contributed by atoms with E-state index < -0.39 is 11.9 Å². The Balaban J connectivity index is 2.40. The Morgan fingerprint density at radius 1 is 1.27 bits per heavy atom. The Morgan fingerprint density at radius 2 is 1.87 bits per heavy atom. The molecule has 3 amide bonds. The van der Waals surface area contributed by atoms with Gasteiger partial charge in [0.2, 0.25) is 5.91 Å². The smallest absolute Gasteiger partial charge is 0.318 e. The molecular formula is C9H10IN3O2. The monoisotopic (exact) mass is 319 g/mol. The highest BCUT2D eigenvalue weighted by Gasteiger charge is 2.02. The summed E-state index contributed by atoms with van der Waals surface area (Å²) in [5.74, 6) is -0.457. The SMILES string of the molecule is NC(=O)NC(=O)CNc1ccc(I)cc1. The molecule has 80 valence electrons. The first-order valence-corrected chi connectivity index (χ1v) is 5.24. The number of hydrogen-bond acceptors (Lipinski definition) is 3. The third kappa shape index (κ3) is 4.63. The molecule has 0 radical (unpaired) electrons. The van der Waals surface area contributed by atoms with Crippen LogP contribution >= 0.6 is 22.6 Å². The second kappa shape index (κ2) is 5.54. The van der Waals surface area contributed by atoms with Crippen molar-refractivity contribution in [2.45, 2.75) is 0 Å². The number of anilines is 1. The van der Waals surface area contributed by atoms with Gasteiger partial charge in [0.25, 0.3) is 0 Å². The maximum Gasteiger partial charge on any atom is 0.318 e. The lowest BCUT2D eigenvalue weighted by Gasteiger charge is -2.05. The largest absolute Gasteiger partial charge is 0.376 e. The van der Waals surface area contributed by atoms with Crippen molar-refractivity contribution in [3.05, 3.63) is 27.8 Å². The van der Waals surface area contributed by atoms with Gasteiger partial charge in [-0.25, -0.2) is 4.79 Å². The van der Waals surface area contributed by atoms with Gasteiger partial charge in [0.1, 0.15) is 0 Å². The molecule has 0 atom stereocenters. The number of imide groups is 1. The number of primary amides is 1. The van der Waals surface area contributed by atoms with Crippen LogP contribution in [0, 0.1) is 3.57 Å². The molecule has 0 heterocycles. The first-order valence-electron chi connectivity index (χ1n) is 4.16. The Bertz CT molecular complexity index is 364. The second-order valence-corrected chi connectivity index (χ2v) is 4.02. The van der Waals surface area contributed by atoms with Crippen LogP contribution in [0.3, 0.4) is 0 Å². The van der Waals surface area contributed by atoms with Crippen molar-refractivity contribution in [3.63, 3.8) is 0 Å². The molecule has 0 spiro atoms.